The first-order valence-electron chi connectivity index (χ1n) is 6.09. The van der Waals surface area contributed by atoms with Gasteiger partial charge in [-0.1, -0.05) is 12.2 Å². The van der Waals surface area contributed by atoms with E-state index in [1.165, 1.54) is 0 Å². The Hall–Kier alpha value is -0.830. The van der Waals surface area contributed by atoms with Crippen LogP contribution in [0.2, 0.25) is 0 Å². The summed E-state index contributed by atoms with van der Waals surface area (Å²) in [6, 6.07) is 0. The Bertz CT molecular complexity index is 301. The van der Waals surface area contributed by atoms with Gasteiger partial charge in [0, 0.05) is 12.5 Å². The molecule has 1 atom stereocenters. The first-order chi connectivity index (χ1) is 7.50. The fourth-order valence-electron chi connectivity index (χ4n) is 2.41. The number of hydrogen-bond donors (Lipinski definition) is 0. The molecular formula is C13H21NO2. The Kier molecular flexibility index (Phi) is 3.06. The summed E-state index contributed by atoms with van der Waals surface area (Å²) in [5.41, 5.74) is -0.161. The van der Waals surface area contributed by atoms with Gasteiger partial charge in [-0.25, -0.2) is 0 Å². The molecule has 2 aliphatic rings. The van der Waals surface area contributed by atoms with Crippen molar-refractivity contribution in [2.24, 2.45) is 5.92 Å². The Labute approximate surface area is 97.5 Å². The van der Waals surface area contributed by atoms with Gasteiger partial charge in [0.15, 0.2) is 0 Å². The van der Waals surface area contributed by atoms with Crippen LogP contribution in [0.3, 0.4) is 0 Å². The third-order valence-electron chi connectivity index (χ3n) is 3.51. The molecule has 0 radical (unpaired) electrons. The number of ether oxygens (including phenoxy) is 1. The smallest absolute Gasteiger partial charge is 0.226 e. The first-order valence-corrected chi connectivity index (χ1v) is 6.09. The summed E-state index contributed by atoms with van der Waals surface area (Å²) in [4.78, 5) is 14.4. The summed E-state index contributed by atoms with van der Waals surface area (Å²) < 4.78 is 5.63. The van der Waals surface area contributed by atoms with Gasteiger partial charge in [0.25, 0.3) is 0 Å². The number of amides is 1. The second-order valence-corrected chi connectivity index (χ2v) is 5.52. The lowest BCUT2D eigenvalue weighted by atomic mass is 9.96. The Morgan fingerprint density at radius 1 is 1.38 bits per heavy atom. The molecule has 1 saturated heterocycles. The lowest BCUT2D eigenvalue weighted by molar-refractivity contribution is -0.156. The molecule has 16 heavy (non-hydrogen) atoms. The van der Waals surface area contributed by atoms with Crippen molar-refractivity contribution in [3.05, 3.63) is 12.2 Å². The minimum absolute atomic E-state index is 0.159. The zero-order chi connectivity index (χ0) is 11.8. The average molecular weight is 223 g/mol. The Morgan fingerprint density at radius 2 is 2.00 bits per heavy atom. The fourth-order valence-corrected chi connectivity index (χ4v) is 2.41. The third kappa shape index (κ3) is 2.14. The molecule has 0 N–H and O–H groups in total. The minimum atomic E-state index is -0.161. The number of carbonyl (C=O) groups excluding carboxylic acids is 1. The van der Waals surface area contributed by atoms with Gasteiger partial charge in [-0.15, -0.1) is 0 Å². The van der Waals surface area contributed by atoms with Gasteiger partial charge in [-0.2, -0.15) is 0 Å². The molecule has 0 aromatic heterocycles. The van der Waals surface area contributed by atoms with Gasteiger partial charge in [0.1, 0.15) is 0 Å². The summed E-state index contributed by atoms with van der Waals surface area (Å²) in [7, 11) is 0. The van der Waals surface area contributed by atoms with E-state index in [0.29, 0.717) is 12.5 Å². The largest absolute Gasteiger partial charge is 0.374 e. The molecule has 1 unspecified atom stereocenters. The Morgan fingerprint density at radius 3 is 2.62 bits per heavy atom. The van der Waals surface area contributed by atoms with Crippen LogP contribution in [0.15, 0.2) is 12.2 Å². The van der Waals surface area contributed by atoms with Crippen molar-refractivity contribution < 1.29 is 9.53 Å². The molecule has 0 aromatic carbocycles. The second-order valence-electron chi connectivity index (χ2n) is 5.52. The number of hydrogen-bond acceptors (Lipinski definition) is 2. The van der Waals surface area contributed by atoms with Gasteiger partial charge < -0.3 is 9.64 Å². The number of carbonyl (C=O) groups is 1. The topological polar surface area (TPSA) is 29.5 Å². The van der Waals surface area contributed by atoms with E-state index >= 15 is 0 Å². The molecule has 1 amide bonds. The molecule has 0 spiro atoms. The maximum Gasteiger partial charge on any atom is 0.226 e. The molecule has 1 aliphatic carbocycles. The first kappa shape index (κ1) is 11.6. The third-order valence-corrected chi connectivity index (χ3v) is 3.51. The predicted octanol–water partition coefficient (Wildman–Crippen LogP) is 1.98. The molecule has 2 rings (SSSR count). The van der Waals surface area contributed by atoms with Crippen molar-refractivity contribution in [2.45, 2.75) is 45.3 Å². The molecule has 1 fully saturated rings. The second kappa shape index (κ2) is 4.21. The molecule has 3 nitrogen and oxygen atoms in total. The SMILES string of the molecule is CC1CN(C(=O)C2CC=CC2)C(C)(C)CO1. The molecule has 1 aliphatic heterocycles. The highest BCUT2D eigenvalue weighted by Crippen LogP contribution is 2.28. The van der Waals surface area contributed by atoms with Crippen molar-refractivity contribution in [2.75, 3.05) is 13.2 Å². The standard InChI is InChI=1S/C13H21NO2/c1-10-8-14(13(2,3)9-16-10)12(15)11-6-4-5-7-11/h4-5,10-11H,6-9H2,1-3H3. The van der Waals surface area contributed by atoms with Crippen molar-refractivity contribution in [1.29, 1.82) is 0 Å². The van der Waals surface area contributed by atoms with E-state index in [9.17, 15) is 4.79 Å². The summed E-state index contributed by atoms with van der Waals surface area (Å²) in [6.45, 7) is 7.56. The predicted molar refractivity (Wildman–Crippen MR) is 63.1 cm³/mol. The van der Waals surface area contributed by atoms with Crippen molar-refractivity contribution in [3.8, 4) is 0 Å². The fraction of sp³-hybridized carbons (Fsp3) is 0.769. The van der Waals surface area contributed by atoms with Gasteiger partial charge >= 0.3 is 0 Å². The van der Waals surface area contributed by atoms with Gasteiger partial charge in [0.2, 0.25) is 5.91 Å². The summed E-state index contributed by atoms with van der Waals surface area (Å²) >= 11 is 0. The van der Waals surface area contributed by atoms with Gasteiger partial charge in [-0.3, -0.25) is 4.79 Å². The van der Waals surface area contributed by atoms with Crippen molar-refractivity contribution >= 4 is 5.91 Å². The number of nitrogens with zero attached hydrogens (tertiary/aromatic N) is 1. The maximum atomic E-state index is 12.4. The number of allylic oxidation sites excluding steroid dienone is 2. The van der Waals surface area contributed by atoms with Crippen LogP contribution in [0.5, 0.6) is 0 Å². The Balaban J connectivity index is 2.07. The zero-order valence-corrected chi connectivity index (χ0v) is 10.4. The molecule has 0 saturated carbocycles. The minimum Gasteiger partial charge on any atom is -0.374 e. The summed E-state index contributed by atoms with van der Waals surface area (Å²) in [6.07, 6.45) is 6.19. The van der Waals surface area contributed by atoms with Gasteiger partial charge in [-0.05, 0) is 33.6 Å². The average Bonchev–Trinajstić information content (AvgIpc) is 2.74. The van der Waals surface area contributed by atoms with Crippen molar-refractivity contribution in [3.63, 3.8) is 0 Å². The van der Waals surface area contributed by atoms with E-state index in [2.05, 4.69) is 26.0 Å². The summed E-state index contributed by atoms with van der Waals surface area (Å²) in [5, 5.41) is 0. The zero-order valence-electron chi connectivity index (χ0n) is 10.4. The van der Waals surface area contributed by atoms with E-state index in [1.807, 2.05) is 11.8 Å². The van der Waals surface area contributed by atoms with E-state index in [1.54, 1.807) is 0 Å². The molecule has 1 heterocycles. The van der Waals surface area contributed by atoms with Crippen LogP contribution in [0.4, 0.5) is 0 Å². The highest BCUT2D eigenvalue weighted by atomic mass is 16.5. The van der Waals surface area contributed by atoms with E-state index in [0.717, 1.165) is 19.4 Å². The molecule has 90 valence electrons. The lowest BCUT2D eigenvalue weighted by Crippen LogP contribution is -2.59. The normalized spacial score (nSPS) is 29.7. The van der Waals surface area contributed by atoms with E-state index < -0.39 is 0 Å². The van der Waals surface area contributed by atoms with Crippen LogP contribution in [0, 0.1) is 5.92 Å². The highest BCUT2D eigenvalue weighted by molar-refractivity contribution is 5.80. The van der Waals surface area contributed by atoms with Crippen LogP contribution in [0.1, 0.15) is 33.6 Å². The van der Waals surface area contributed by atoms with Crippen LogP contribution in [0.25, 0.3) is 0 Å². The quantitative estimate of drug-likeness (QED) is 0.636. The molecule has 0 bridgehead atoms. The molecular weight excluding hydrogens is 202 g/mol. The van der Waals surface area contributed by atoms with Crippen molar-refractivity contribution in [1.82, 2.24) is 4.90 Å². The van der Waals surface area contributed by atoms with Crippen LogP contribution in [-0.2, 0) is 9.53 Å². The molecule has 0 aromatic rings. The number of morpholine rings is 1. The van der Waals surface area contributed by atoms with Crippen LogP contribution < -0.4 is 0 Å². The van der Waals surface area contributed by atoms with E-state index in [-0.39, 0.29) is 17.6 Å². The van der Waals surface area contributed by atoms with Crippen LogP contribution >= 0.6 is 0 Å². The maximum absolute atomic E-state index is 12.4. The van der Waals surface area contributed by atoms with Crippen LogP contribution in [-0.4, -0.2) is 35.6 Å². The highest BCUT2D eigenvalue weighted by Gasteiger charge is 2.39. The van der Waals surface area contributed by atoms with E-state index in [4.69, 9.17) is 4.74 Å². The lowest BCUT2D eigenvalue weighted by Gasteiger charge is -2.45. The molecule has 3 heteroatoms. The number of rotatable bonds is 1. The summed E-state index contributed by atoms with van der Waals surface area (Å²) in [5.74, 6) is 0.467. The monoisotopic (exact) mass is 223 g/mol. The van der Waals surface area contributed by atoms with Gasteiger partial charge in [0.05, 0.1) is 18.2 Å².